The van der Waals surface area contributed by atoms with Crippen molar-refractivity contribution in [2.24, 2.45) is 17.6 Å². The highest BCUT2D eigenvalue weighted by Gasteiger charge is 2.34. The van der Waals surface area contributed by atoms with Crippen LogP contribution in [-0.4, -0.2) is 17.4 Å². The Hall–Kier alpha value is -1.54. The summed E-state index contributed by atoms with van der Waals surface area (Å²) in [5.41, 5.74) is 3.40. The smallest absolute Gasteiger partial charge is 0.330 e. The third-order valence-corrected chi connectivity index (χ3v) is 3.79. The Labute approximate surface area is 130 Å². The van der Waals surface area contributed by atoms with Crippen molar-refractivity contribution in [3.05, 3.63) is 28.2 Å². The molecular formula is C13H17ClF3N3O2. The summed E-state index contributed by atoms with van der Waals surface area (Å²) >= 11 is 0. The summed E-state index contributed by atoms with van der Waals surface area (Å²) in [5, 5.41) is 2.29. The Bertz CT molecular complexity index is 589. The largest absolute Gasteiger partial charge is 0.417 e. The van der Waals surface area contributed by atoms with Crippen LogP contribution in [0.5, 0.6) is 0 Å². The van der Waals surface area contributed by atoms with Gasteiger partial charge in [-0.3, -0.25) is 9.59 Å². The highest BCUT2D eigenvalue weighted by molar-refractivity contribution is 5.92. The van der Waals surface area contributed by atoms with Crippen LogP contribution < -0.4 is 16.6 Å². The van der Waals surface area contributed by atoms with Gasteiger partial charge in [-0.2, -0.15) is 13.2 Å². The number of alkyl halides is 3. The number of pyridine rings is 1. The number of H-pyrrole nitrogens is 1. The number of carbonyl (C=O) groups is 1. The second-order valence-electron chi connectivity index (χ2n) is 5.15. The molecule has 1 fully saturated rings. The van der Waals surface area contributed by atoms with E-state index in [9.17, 15) is 22.8 Å². The van der Waals surface area contributed by atoms with Crippen molar-refractivity contribution in [3.63, 3.8) is 0 Å². The molecule has 1 aromatic heterocycles. The van der Waals surface area contributed by atoms with Crippen molar-refractivity contribution in [2.45, 2.75) is 25.4 Å². The molecule has 1 amide bonds. The minimum Gasteiger partial charge on any atom is -0.330 e. The van der Waals surface area contributed by atoms with E-state index in [0.29, 0.717) is 25.2 Å². The lowest BCUT2D eigenvalue weighted by atomic mass is 9.95. The molecule has 124 valence electrons. The average Bonchev–Trinajstić information content (AvgIpc) is 2.88. The van der Waals surface area contributed by atoms with Crippen molar-refractivity contribution in [2.75, 3.05) is 11.9 Å². The van der Waals surface area contributed by atoms with Gasteiger partial charge < -0.3 is 16.0 Å². The number of halogens is 4. The van der Waals surface area contributed by atoms with E-state index in [2.05, 4.69) is 5.32 Å². The van der Waals surface area contributed by atoms with Crippen LogP contribution in [0.1, 0.15) is 24.8 Å². The zero-order valence-corrected chi connectivity index (χ0v) is 12.4. The molecule has 0 saturated heterocycles. The standard InChI is InChI=1S/C13H16F3N3O2.ClH/c14-13(15,16)8-4-10(12(21)18-6-8)19-11(20)9-3-1-2-7(9)5-17;/h4,6-7,9H,1-3,5,17H2,(H,18,21)(H,19,20);1H/t7-,9-;/m1./s1. The van der Waals surface area contributed by atoms with Gasteiger partial charge in [0.15, 0.2) is 0 Å². The summed E-state index contributed by atoms with van der Waals surface area (Å²) in [5.74, 6) is -0.799. The molecule has 0 aliphatic heterocycles. The van der Waals surface area contributed by atoms with E-state index in [0.717, 1.165) is 12.8 Å². The van der Waals surface area contributed by atoms with Crippen LogP contribution in [0.3, 0.4) is 0 Å². The number of hydrogen-bond acceptors (Lipinski definition) is 3. The van der Waals surface area contributed by atoms with E-state index in [1.807, 2.05) is 4.98 Å². The first-order valence-electron chi connectivity index (χ1n) is 6.63. The Morgan fingerprint density at radius 1 is 1.41 bits per heavy atom. The molecule has 0 bridgehead atoms. The van der Waals surface area contributed by atoms with Crippen LogP contribution >= 0.6 is 12.4 Å². The van der Waals surface area contributed by atoms with Gasteiger partial charge in [0.25, 0.3) is 5.56 Å². The zero-order valence-electron chi connectivity index (χ0n) is 11.6. The van der Waals surface area contributed by atoms with E-state index in [1.165, 1.54) is 0 Å². The van der Waals surface area contributed by atoms with E-state index >= 15 is 0 Å². The van der Waals surface area contributed by atoms with Crippen LogP contribution in [0.2, 0.25) is 0 Å². The SMILES string of the molecule is Cl.NC[C@H]1CCC[C@H]1C(=O)Nc1cc(C(F)(F)F)c[nH]c1=O. The monoisotopic (exact) mass is 339 g/mol. The molecule has 0 spiro atoms. The summed E-state index contributed by atoms with van der Waals surface area (Å²) in [6.45, 7) is 0.344. The van der Waals surface area contributed by atoms with E-state index in [-0.39, 0.29) is 24.2 Å². The van der Waals surface area contributed by atoms with Crippen LogP contribution in [0, 0.1) is 11.8 Å². The number of carbonyl (C=O) groups excluding carboxylic acids is 1. The molecule has 2 atom stereocenters. The number of hydrogen-bond donors (Lipinski definition) is 3. The van der Waals surface area contributed by atoms with Gasteiger partial charge in [0.2, 0.25) is 5.91 Å². The minimum absolute atomic E-state index is 0. The highest BCUT2D eigenvalue weighted by Crippen LogP contribution is 2.32. The highest BCUT2D eigenvalue weighted by atomic mass is 35.5. The number of anilines is 1. The molecule has 4 N–H and O–H groups in total. The Kier molecular flexibility index (Phi) is 6.01. The number of aromatic amines is 1. The normalized spacial score (nSPS) is 21.3. The van der Waals surface area contributed by atoms with Gasteiger partial charge in [-0.15, -0.1) is 12.4 Å². The average molecular weight is 340 g/mol. The first kappa shape index (κ1) is 18.5. The summed E-state index contributed by atoms with van der Waals surface area (Å²) < 4.78 is 37.8. The maximum atomic E-state index is 12.6. The lowest BCUT2D eigenvalue weighted by Gasteiger charge is -2.17. The molecule has 5 nitrogen and oxygen atoms in total. The molecule has 1 heterocycles. The van der Waals surface area contributed by atoms with Gasteiger partial charge in [-0.05, 0) is 31.4 Å². The predicted molar refractivity (Wildman–Crippen MR) is 77.8 cm³/mol. The van der Waals surface area contributed by atoms with Gasteiger partial charge in [0.05, 0.1) is 5.56 Å². The maximum Gasteiger partial charge on any atom is 0.417 e. The predicted octanol–water partition coefficient (Wildman–Crippen LogP) is 2.13. The Morgan fingerprint density at radius 2 is 2.09 bits per heavy atom. The second kappa shape index (κ2) is 7.15. The molecule has 1 aromatic rings. The Morgan fingerprint density at radius 3 is 2.68 bits per heavy atom. The third kappa shape index (κ3) is 4.01. The number of aromatic nitrogens is 1. The molecule has 0 unspecified atom stereocenters. The van der Waals surface area contributed by atoms with Gasteiger partial charge in [0, 0.05) is 12.1 Å². The lowest BCUT2D eigenvalue weighted by molar-refractivity contribution is -0.137. The first-order valence-corrected chi connectivity index (χ1v) is 6.63. The van der Waals surface area contributed by atoms with Crippen molar-refractivity contribution in [3.8, 4) is 0 Å². The lowest BCUT2D eigenvalue weighted by Crippen LogP contribution is -2.31. The number of amides is 1. The molecule has 2 rings (SSSR count). The molecular weight excluding hydrogens is 323 g/mol. The summed E-state index contributed by atoms with van der Waals surface area (Å²) in [6.07, 6.45) is -1.72. The van der Waals surface area contributed by atoms with Gasteiger partial charge in [0.1, 0.15) is 5.69 Å². The molecule has 1 aliphatic carbocycles. The van der Waals surface area contributed by atoms with E-state index in [4.69, 9.17) is 5.73 Å². The molecule has 22 heavy (non-hydrogen) atoms. The summed E-state index contributed by atoms with van der Waals surface area (Å²) in [7, 11) is 0. The van der Waals surface area contributed by atoms with Gasteiger partial charge >= 0.3 is 6.18 Å². The molecule has 1 saturated carbocycles. The van der Waals surface area contributed by atoms with Gasteiger partial charge in [-0.1, -0.05) is 6.42 Å². The van der Waals surface area contributed by atoms with Crippen molar-refractivity contribution in [1.29, 1.82) is 0 Å². The molecule has 0 radical (unpaired) electrons. The topological polar surface area (TPSA) is 88.0 Å². The van der Waals surface area contributed by atoms with Crippen molar-refractivity contribution in [1.82, 2.24) is 4.98 Å². The number of nitrogens with one attached hydrogen (secondary N) is 2. The molecule has 1 aliphatic rings. The van der Waals surface area contributed by atoms with Crippen molar-refractivity contribution < 1.29 is 18.0 Å². The van der Waals surface area contributed by atoms with Crippen LogP contribution in [0.4, 0.5) is 18.9 Å². The van der Waals surface area contributed by atoms with Crippen LogP contribution in [0.25, 0.3) is 0 Å². The third-order valence-electron chi connectivity index (χ3n) is 3.79. The van der Waals surface area contributed by atoms with E-state index < -0.39 is 28.9 Å². The first-order chi connectivity index (χ1) is 9.82. The zero-order chi connectivity index (χ0) is 15.6. The summed E-state index contributed by atoms with van der Waals surface area (Å²) in [4.78, 5) is 25.6. The van der Waals surface area contributed by atoms with Crippen molar-refractivity contribution >= 4 is 24.0 Å². The van der Waals surface area contributed by atoms with Crippen LogP contribution in [0.15, 0.2) is 17.1 Å². The fourth-order valence-electron chi connectivity index (χ4n) is 2.63. The minimum atomic E-state index is -4.59. The number of rotatable bonds is 3. The van der Waals surface area contributed by atoms with Gasteiger partial charge in [-0.25, -0.2) is 0 Å². The maximum absolute atomic E-state index is 12.6. The quantitative estimate of drug-likeness (QED) is 0.788. The number of nitrogens with two attached hydrogens (primary N) is 1. The fraction of sp³-hybridized carbons (Fsp3) is 0.538. The fourth-order valence-corrected chi connectivity index (χ4v) is 2.63. The summed E-state index contributed by atoms with van der Waals surface area (Å²) in [6, 6.07) is 0.642. The molecule has 0 aromatic carbocycles. The Balaban J connectivity index is 0.00000242. The second-order valence-corrected chi connectivity index (χ2v) is 5.15. The molecule has 9 heteroatoms. The van der Waals surface area contributed by atoms with E-state index in [1.54, 1.807) is 0 Å². The van der Waals surface area contributed by atoms with Crippen LogP contribution in [-0.2, 0) is 11.0 Å².